The van der Waals surface area contributed by atoms with E-state index in [1.807, 2.05) is 34.6 Å². The van der Waals surface area contributed by atoms with Crippen LogP contribution in [0.5, 0.6) is 0 Å². The van der Waals surface area contributed by atoms with Crippen LogP contribution in [0.1, 0.15) is 41.0 Å². The second kappa shape index (κ2) is 7.21. The maximum absolute atomic E-state index is 5.74. The van der Waals surface area contributed by atoms with Gasteiger partial charge in [0.05, 0.1) is 24.9 Å². The summed E-state index contributed by atoms with van der Waals surface area (Å²) in [5.41, 5.74) is 5.74. The highest BCUT2D eigenvalue weighted by Crippen LogP contribution is 2.07. The lowest BCUT2D eigenvalue weighted by molar-refractivity contribution is -0.0630. The summed E-state index contributed by atoms with van der Waals surface area (Å²) in [5.74, 6) is 0. The van der Waals surface area contributed by atoms with Gasteiger partial charge in [-0.25, -0.2) is 0 Å². The Balaban J connectivity index is 3.84. The molecule has 0 saturated carbocycles. The molecule has 0 rings (SSSR count). The summed E-state index contributed by atoms with van der Waals surface area (Å²) in [6, 6.07) is 0.162. The second-order valence-electron chi connectivity index (χ2n) is 4.40. The molecule has 3 nitrogen and oxygen atoms in total. The van der Waals surface area contributed by atoms with Gasteiger partial charge in [-0.1, -0.05) is 0 Å². The quantitative estimate of drug-likeness (QED) is 0.687. The molecule has 0 spiro atoms. The average Bonchev–Trinajstić information content (AvgIpc) is 1.97. The van der Waals surface area contributed by atoms with Crippen molar-refractivity contribution in [1.29, 1.82) is 0 Å². The van der Waals surface area contributed by atoms with Crippen LogP contribution in [-0.4, -0.2) is 31.0 Å². The van der Waals surface area contributed by atoms with E-state index in [1.165, 1.54) is 0 Å². The highest BCUT2D eigenvalue weighted by atomic mass is 16.5. The van der Waals surface area contributed by atoms with Crippen molar-refractivity contribution >= 4 is 0 Å². The van der Waals surface area contributed by atoms with Crippen molar-refractivity contribution in [3.05, 3.63) is 0 Å². The van der Waals surface area contributed by atoms with E-state index in [-0.39, 0.29) is 24.4 Å². The summed E-state index contributed by atoms with van der Waals surface area (Å²) in [6.07, 6.45) is 1.46. The zero-order chi connectivity index (χ0) is 11.1. The number of nitrogens with two attached hydrogens (primary N) is 1. The normalized spacial score (nSPS) is 16.3. The van der Waals surface area contributed by atoms with Gasteiger partial charge in [0, 0.05) is 6.04 Å². The van der Waals surface area contributed by atoms with Crippen LogP contribution >= 0.6 is 0 Å². The average molecular weight is 203 g/mol. The predicted molar refractivity (Wildman–Crippen MR) is 59.4 cm³/mol. The first-order valence-corrected chi connectivity index (χ1v) is 5.44. The maximum Gasteiger partial charge on any atom is 0.0826 e. The van der Waals surface area contributed by atoms with Gasteiger partial charge in [-0.15, -0.1) is 0 Å². The Hall–Kier alpha value is -0.120. The summed E-state index contributed by atoms with van der Waals surface area (Å²) in [5, 5.41) is 0. The van der Waals surface area contributed by atoms with Crippen molar-refractivity contribution < 1.29 is 9.47 Å². The first-order valence-electron chi connectivity index (χ1n) is 5.44. The van der Waals surface area contributed by atoms with E-state index in [9.17, 15) is 0 Å². The molecule has 0 aliphatic carbocycles. The summed E-state index contributed by atoms with van der Waals surface area (Å²) >= 11 is 0. The third-order valence-electron chi connectivity index (χ3n) is 1.71. The molecule has 0 aliphatic heterocycles. The van der Waals surface area contributed by atoms with Crippen LogP contribution < -0.4 is 5.73 Å². The van der Waals surface area contributed by atoms with E-state index in [0.717, 1.165) is 6.42 Å². The fraction of sp³-hybridized carbons (Fsp3) is 1.00. The first kappa shape index (κ1) is 13.9. The van der Waals surface area contributed by atoms with Gasteiger partial charge >= 0.3 is 0 Å². The molecular weight excluding hydrogens is 178 g/mol. The smallest absolute Gasteiger partial charge is 0.0826 e. The van der Waals surface area contributed by atoms with Crippen LogP contribution in [0.3, 0.4) is 0 Å². The maximum atomic E-state index is 5.74. The molecule has 0 heterocycles. The van der Waals surface area contributed by atoms with E-state index in [1.54, 1.807) is 0 Å². The standard InChI is InChI=1S/C11H25NO2/c1-8(2)13-7-11(6-10(5)12)14-9(3)4/h8-11H,6-7,12H2,1-5H3/t10-,11?/m0/s1. The Labute approximate surface area is 88.0 Å². The zero-order valence-corrected chi connectivity index (χ0v) is 10.1. The number of rotatable bonds is 7. The molecular formula is C11H25NO2. The minimum Gasteiger partial charge on any atom is -0.376 e. The molecule has 0 bridgehead atoms. The van der Waals surface area contributed by atoms with Crippen LogP contribution in [0, 0.1) is 0 Å². The molecule has 0 amide bonds. The molecule has 0 aromatic rings. The van der Waals surface area contributed by atoms with Gasteiger partial charge < -0.3 is 15.2 Å². The van der Waals surface area contributed by atoms with E-state index < -0.39 is 0 Å². The fourth-order valence-corrected chi connectivity index (χ4v) is 1.26. The minimum atomic E-state index is 0.123. The predicted octanol–water partition coefficient (Wildman–Crippen LogP) is 1.94. The van der Waals surface area contributed by atoms with E-state index in [2.05, 4.69) is 0 Å². The molecule has 0 aromatic heterocycles. The lowest BCUT2D eigenvalue weighted by Crippen LogP contribution is -2.31. The molecule has 14 heavy (non-hydrogen) atoms. The van der Waals surface area contributed by atoms with Crippen molar-refractivity contribution in [3.8, 4) is 0 Å². The third-order valence-corrected chi connectivity index (χ3v) is 1.71. The Bertz CT molecular complexity index is 125. The van der Waals surface area contributed by atoms with Gasteiger partial charge in [0.15, 0.2) is 0 Å². The number of hydrogen-bond acceptors (Lipinski definition) is 3. The van der Waals surface area contributed by atoms with Gasteiger partial charge in [-0.05, 0) is 41.0 Å². The monoisotopic (exact) mass is 203 g/mol. The molecule has 86 valence electrons. The van der Waals surface area contributed by atoms with Crippen molar-refractivity contribution in [3.63, 3.8) is 0 Å². The number of hydrogen-bond donors (Lipinski definition) is 1. The van der Waals surface area contributed by atoms with Gasteiger partial charge in [-0.3, -0.25) is 0 Å². The zero-order valence-electron chi connectivity index (χ0n) is 10.1. The molecule has 1 unspecified atom stereocenters. The summed E-state index contributed by atoms with van der Waals surface area (Å²) in [7, 11) is 0. The topological polar surface area (TPSA) is 44.5 Å². The molecule has 2 N–H and O–H groups in total. The summed E-state index contributed by atoms with van der Waals surface area (Å²) in [6.45, 7) is 10.7. The first-order chi connectivity index (χ1) is 6.41. The minimum absolute atomic E-state index is 0.123. The van der Waals surface area contributed by atoms with Crippen LogP contribution in [0.25, 0.3) is 0 Å². The molecule has 0 saturated heterocycles. The highest BCUT2D eigenvalue weighted by Gasteiger charge is 2.14. The van der Waals surface area contributed by atoms with Crippen molar-refractivity contribution in [2.75, 3.05) is 6.61 Å². The van der Waals surface area contributed by atoms with Crippen LogP contribution in [0.15, 0.2) is 0 Å². The van der Waals surface area contributed by atoms with E-state index in [4.69, 9.17) is 15.2 Å². The molecule has 3 heteroatoms. The molecule has 0 aromatic carbocycles. The van der Waals surface area contributed by atoms with Crippen molar-refractivity contribution in [2.45, 2.75) is 65.4 Å². The summed E-state index contributed by atoms with van der Waals surface area (Å²) in [4.78, 5) is 0. The van der Waals surface area contributed by atoms with Crippen LogP contribution in [0.2, 0.25) is 0 Å². The molecule has 0 aliphatic rings. The van der Waals surface area contributed by atoms with Crippen LogP contribution in [0.4, 0.5) is 0 Å². The lowest BCUT2D eigenvalue weighted by atomic mass is 10.1. The SMILES string of the molecule is CC(C)OCC(C[C@H](C)N)OC(C)C. The summed E-state index contributed by atoms with van der Waals surface area (Å²) < 4.78 is 11.2. The van der Waals surface area contributed by atoms with Crippen molar-refractivity contribution in [2.24, 2.45) is 5.73 Å². The Morgan fingerprint density at radius 1 is 1.00 bits per heavy atom. The lowest BCUT2D eigenvalue weighted by Gasteiger charge is -2.23. The van der Waals surface area contributed by atoms with Gasteiger partial charge in [-0.2, -0.15) is 0 Å². The van der Waals surface area contributed by atoms with Gasteiger partial charge in [0.2, 0.25) is 0 Å². The largest absolute Gasteiger partial charge is 0.376 e. The van der Waals surface area contributed by atoms with Gasteiger partial charge in [0.25, 0.3) is 0 Å². The Kier molecular flexibility index (Phi) is 7.15. The van der Waals surface area contributed by atoms with E-state index in [0.29, 0.717) is 6.61 Å². The Morgan fingerprint density at radius 3 is 1.93 bits per heavy atom. The van der Waals surface area contributed by atoms with Crippen molar-refractivity contribution in [1.82, 2.24) is 0 Å². The van der Waals surface area contributed by atoms with Crippen LogP contribution in [-0.2, 0) is 9.47 Å². The number of ether oxygens (including phenoxy) is 2. The molecule has 0 fully saturated rings. The molecule has 0 radical (unpaired) electrons. The fourth-order valence-electron chi connectivity index (χ4n) is 1.26. The third kappa shape index (κ3) is 8.48. The Morgan fingerprint density at radius 2 is 1.57 bits per heavy atom. The van der Waals surface area contributed by atoms with E-state index >= 15 is 0 Å². The second-order valence-corrected chi connectivity index (χ2v) is 4.40. The highest BCUT2D eigenvalue weighted by molar-refractivity contribution is 4.65. The van der Waals surface area contributed by atoms with Gasteiger partial charge in [0.1, 0.15) is 0 Å². The molecule has 2 atom stereocenters.